The molecule has 0 aromatic heterocycles. The quantitative estimate of drug-likeness (QED) is 0.490. The Morgan fingerprint density at radius 1 is 1.22 bits per heavy atom. The fourth-order valence-corrected chi connectivity index (χ4v) is 3.81. The lowest BCUT2D eigenvalue weighted by Gasteiger charge is -2.16. The van der Waals surface area contributed by atoms with E-state index in [0.717, 1.165) is 37.9 Å². The van der Waals surface area contributed by atoms with Gasteiger partial charge in [0.15, 0.2) is 0 Å². The maximum absolute atomic E-state index is 10.3. The third-order valence-electron chi connectivity index (χ3n) is 5.22. The first-order valence-electron chi connectivity index (χ1n) is 9.55. The number of hydrogen-bond acceptors (Lipinski definition) is 3. The Hall–Kier alpha value is -0.800. The van der Waals surface area contributed by atoms with Crippen LogP contribution in [0.5, 0.6) is 0 Å². The van der Waals surface area contributed by atoms with Crippen molar-refractivity contribution in [3.05, 3.63) is 24.0 Å². The van der Waals surface area contributed by atoms with E-state index in [1.165, 1.54) is 25.7 Å². The predicted octanol–water partition coefficient (Wildman–Crippen LogP) is 4.34. The molecule has 0 amide bonds. The molecular weight excluding hydrogens is 288 g/mol. The van der Waals surface area contributed by atoms with Crippen molar-refractivity contribution in [3.63, 3.8) is 0 Å². The molecule has 4 unspecified atom stereocenters. The molecule has 0 aromatic carbocycles. The Bertz CT molecular complexity index is 402. The molecule has 3 nitrogen and oxygen atoms in total. The van der Waals surface area contributed by atoms with Gasteiger partial charge in [0.1, 0.15) is 6.10 Å². The molecule has 2 N–H and O–H groups in total. The summed E-state index contributed by atoms with van der Waals surface area (Å²) in [5.41, 5.74) is 0. The zero-order valence-electron chi connectivity index (χ0n) is 14.8. The Morgan fingerprint density at radius 2 is 2.00 bits per heavy atom. The molecule has 23 heavy (non-hydrogen) atoms. The molecule has 1 aliphatic carbocycles. The maximum Gasteiger partial charge on any atom is 0.105 e. The van der Waals surface area contributed by atoms with Gasteiger partial charge in [0, 0.05) is 24.7 Å². The summed E-state index contributed by atoms with van der Waals surface area (Å²) in [5.74, 6) is 1.61. The highest BCUT2D eigenvalue weighted by Crippen LogP contribution is 2.45. The lowest BCUT2D eigenvalue weighted by molar-refractivity contribution is 0.111. The molecule has 1 saturated carbocycles. The Balaban J connectivity index is 1.85. The summed E-state index contributed by atoms with van der Waals surface area (Å²) in [5, 5.41) is 20.3. The minimum Gasteiger partial charge on any atom is -0.495 e. The standard InChI is InChI=1S/C20H34O3/c1-3-5-7-9-15(21)11-12-17-18-13-16(10-8-6-4-2)23-20(18)14-19(17)22/h10-12,15,17-22H,3-9,13-14H2,1-2H3/b12-11+,16-10-/t15?,17-,18?,19?,20?/m1/s1. The second kappa shape index (κ2) is 9.48. The van der Waals surface area contributed by atoms with Gasteiger partial charge in [-0.05, 0) is 25.3 Å². The van der Waals surface area contributed by atoms with Crippen LogP contribution in [0.15, 0.2) is 24.0 Å². The number of ether oxygens (including phenoxy) is 1. The Morgan fingerprint density at radius 3 is 2.74 bits per heavy atom. The molecule has 1 aliphatic heterocycles. The molecule has 0 spiro atoms. The second-order valence-corrected chi connectivity index (χ2v) is 7.17. The number of unbranched alkanes of at least 4 members (excludes halogenated alkanes) is 4. The zero-order valence-corrected chi connectivity index (χ0v) is 14.8. The van der Waals surface area contributed by atoms with E-state index < -0.39 is 0 Å². The molecule has 3 heteroatoms. The normalized spacial score (nSPS) is 33.3. The van der Waals surface area contributed by atoms with Crippen molar-refractivity contribution in [2.24, 2.45) is 11.8 Å². The second-order valence-electron chi connectivity index (χ2n) is 7.17. The summed E-state index contributed by atoms with van der Waals surface area (Å²) in [4.78, 5) is 0. The average molecular weight is 322 g/mol. The molecule has 1 heterocycles. The van der Waals surface area contributed by atoms with Crippen LogP contribution in [0.4, 0.5) is 0 Å². The van der Waals surface area contributed by atoms with Crippen LogP contribution >= 0.6 is 0 Å². The fraction of sp³-hybridized carbons (Fsp3) is 0.800. The van der Waals surface area contributed by atoms with Crippen LogP contribution in [0.2, 0.25) is 0 Å². The maximum atomic E-state index is 10.3. The van der Waals surface area contributed by atoms with Gasteiger partial charge < -0.3 is 14.9 Å². The number of allylic oxidation sites excluding steroid dienone is 2. The smallest absolute Gasteiger partial charge is 0.105 e. The first-order chi connectivity index (χ1) is 11.2. The van der Waals surface area contributed by atoms with Gasteiger partial charge >= 0.3 is 0 Å². The van der Waals surface area contributed by atoms with Crippen LogP contribution in [-0.2, 0) is 4.74 Å². The summed E-state index contributed by atoms with van der Waals surface area (Å²) >= 11 is 0. The van der Waals surface area contributed by atoms with Gasteiger partial charge in [-0.2, -0.15) is 0 Å². The van der Waals surface area contributed by atoms with E-state index in [4.69, 9.17) is 4.74 Å². The third-order valence-corrected chi connectivity index (χ3v) is 5.22. The SMILES string of the molecule is CCCC/C=C1/CC2C(CC(O)[C@@H]2/C=C/C(O)CCCCC)O1. The molecule has 1 saturated heterocycles. The molecule has 2 rings (SSSR count). The van der Waals surface area contributed by atoms with Crippen LogP contribution < -0.4 is 0 Å². The number of rotatable bonds is 9. The predicted molar refractivity (Wildman–Crippen MR) is 94.0 cm³/mol. The molecular formula is C20H34O3. The Labute approximate surface area is 141 Å². The van der Waals surface area contributed by atoms with Crippen molar-refractivity contribution in [3.8, 4) is 0 Å². The largest absolute Gasteiger partial charge is 0.495 e. The number of aliphatic hydroxyl groups excluding tert-OH is 2. The summed E-state index contributed by atoms with van der Waals surface area (Å²) in [6.45, 7) is 4.37. The van der Waals surface area contributed by atoms with Crippen LogP contribution in [0.25, 0.3) is 0 Å². The van der Waals surface area contributed by atoms with Crippen molar-refractivity contribution < 1.29 is 14.9 Å². The van der Waals surface area contributed by atoms with Crippen LogP contribution in [-0.4, -0.2) is 28.5 Å². The first kappa shape index (κ1) is 18.5. The molecule has 0 aromatic rings. The third kappa shape index (κ3) is 5.36. The van der Waals surface area contributed by atoms with Crippen molar-refractivity contribution in [2.45, 2.75) is 89.9 Å². The van der Waals surface area contributed by atoms with Gasteiger partial charge in [0.2, 0.25) is 0 Å². The van der Waals surface area contributed by atoms with E-state index in [9.17, 15) is 10.2 Å². The molecule has 0 radical (unpaired) electrons. The number of aliphatic hydroxyl groups is 2. The lowest BCUT2D eigenvalue weighted by atomic mass is 9.90. The fourth-order valence-electron chi connectivity index (χ4n) is 3.81. The molecule has 2 aliphatic rings. The minimum atomic E-state index is -0.380. The van der Waals surface area contributed by atoms with Crippen molar-refractivity contribution in [1.29, 1.82) is 0 Å². The monoisotopic (exact) mass is 322 g/mol. The number of hydrogen-bond donors (Lipinski definition) is 2. The summed E-state index contributed by atoms with van der Waals surface area (Å²) in [6, 6.07) is 0. The van der Waals surface area contributed by atoms with Crippen molar-refractivity contribution >= 4 is 0 Å². The van der Waals surface area contributed by atoms with E-state index in [0.29, 0.717) is 5.92 Å². The van der Waals surface area contributed by atoms with Gasteiger partial charge in [0.25, 0.3) is 0 Å². The van der Waals surface area contributed by atoms with E-state index in [2.05, 4.69) is 19.9 Å². The van der Waals surface area contributed by atoms with Gasteiger partial charge in [-0.1, -0.05) is 51.7 Å². The van der Waals surface area contributed by atoms with Crippen LogP contribution in [0.3, 0.4) is 0 Å². The van der Waals surface area contributed by atoms with Gasteiger partial charge in [-0.3, -0.25) is 0 Å². The van der Waals surface area contributed by atoms with Gasteiger partial charge in [-0.15, -0.1) is 0 Å². The van der Waals surface area contributed by atoms with Gasteiger partial charge in [-0.25, -0.2) is 0 Å². The lowest BCUT2D eigenvalue weighted by Crippen LogP contribution is -2.18. The van der Waals surface area contributed by atoms with Crippen molar-refractivity contribution in [1.82, 2.24) is 0 Å². The summed E-state index contributed by atoms with van der Waals surface area (Å²) < 4.78 is 6.02. The molecule has 132 valence electrons. The molecule has 5 atom stereocenters. The molecule has 0 bridgehead atoms. The van der Waals surface area contributed by atoms with E-state index in [-0.39, 0.29) is 24.2 Å². The minimum absolute atomic E-state index is 0.123. The van der Waals surface area contributed by atoms with Crippen LogP contribution in [0.1, 0.15) is 71.6 Å². The van der Waals surface area contributed by atoms with E-state index in [1.807, 2.05) is 12.2 Å². The van der Waals surface area contributed by atoms with Crippen molar-refractivity contribution in [2.75, 3.05) is 0 Å². The Kier molecular flexibility index (Phi) is 7.64. The zero-order chi connectivity index (χ0) is 16.7. The topological polar surface area (TPSA) is 49.7 Å². The molecule has 2 fully saturated rings. The highest BCUT2D eigenvalue weighted by molar-refractivity contribution is 5.13. The van der Waals surface area contributed by atoms with E-state index >= 15 is 0 Å². The summed E-state index contributed by atoms with van der Waals surface area (Å²) in [6.07, 6.45) is 15.0. The highest BCUT2D eigenvalue weighted by atomic mass is 16.5. The average Bonchev–Trinajstić information content (AvgIpc) is 3.02. The number of fused-ring (bicyclic) bond motifs is 1. The summed E-state index contributed by atoms with van der Waals surface area (Å²) in [7, 11) is 0. The van der Waals surface area contributed by atoms with Gasteiger partial charge in [0.05, 0.1) is 18.0 Å². The first-order valence-corrected chi connectivity index (χ1v) is 9.55. The van der Waals surface area contributed by atoms with Crippen LogP contribution in [0, 0.1) is 11.8 Å². The highest BCUT2D eigenvalue weighted by Gasteiger charge is 2.46. The van der Waals surface area contributed by atoms with E-state index in [1.54, 1.807) is 0 Å².